The molecule has 0 N–H and O–H groups in total. The van der Waals surface area contributed by atoms with Crippen molar-refractivity contribution >= 4 is 11.7 Å². The summed E-state index contributed by atoms with van der Waals surface area (Å²) in [5, 5.41) is 9.15. The molecule has 3 atom stereocenters. The molecule has 0 radical (unpaired) electrons. The van der Waals surface area contributed by atoms with Gasteiger partial charge in [-0.3, -0.25) is 9.38 Å². The first-order valence-electron chi connectivity index (χ1n) is 13.8. The highest BCUT2D eigenvalue weighted by atomic mass is 19.1. The summed E-state index contributed by atoms with van der Waals surface area (Å²) >= 11 is 0. The van der Waals surface area contributed by atoms with Crippen LogP contribution in [0.3, 0.4) is 0 Å². The Kier molecular flexibility index (Phi) is 6.47. The SMILES string of the molecule is Cc1c(-c2cc(OC(C)c3ccc(F)cn3)n3ccnc3c2)nnn1C1CC2CCC(C1)N2C(=O)OC(C)(C)C. The third-order valence-corrected chi connectivity index (χ3v) is 7.79. The Balaban J connectivity index is 1.25. The van der Waals surface area contributed by atoms with Crippen LogP contribution in [-0.2, 0) is 4.74 Å². The van der Waals surface area contributed by atoms with Crippen LogP contribution in [0.25, 0.3) is 16.9 Å². The van der Waals surface area contributed by atoms with Crippen LogP contribution in [0.5, 0.6) is 5.88 Å². The molecule has 40 heavy (non-hydrogen) atoms. The third-order valence-electron chi connectivity index (χ3n) is 7.79. The largest absolute Gasteiger partial charge is 0.469 e. The van der Waals surface area contributed by atoms with Gasteiger partial charge in [0.25, 0.3) is 0 Å². The van der Waals surface area contributed by atoms with E-state index in [2.05, 4.69) is 20.3 Å². The minimum absolute atomic E-state index is 0.133. The van der Waals surface area contributed by atoms with Gasteiger partial charge in [-0.05, 0) is 78.5 Å². The molecular weight excluding hydrogens is 513 g/mol. The van der Waals surface area contributed by atoms with Crippen LogP contribution in [0.2, 0.25) is 0 Å². The predicted molar refractivity (Wildman–Crippen MR) is 145 cm³/mol. The Labute approximate surface area is 232 Å². The number of amides is 1. The van der Waals surface area contributed by atoms with Crippen LogP contribution in [-0.4, -0.2) is 58.0 Å². The van der Waals surface area contributed by atoms with Crippen molar-refractivity contribution in [3.8, 4) is 17.1 Å². The van der Waals surface area contributed by atoms with Gasteiger partial charge in [0.2, 0.25) is 5.88 Å². The topological polar surface area (TPSA) is 99.7 Å². The van der Waals surface area contributed by atoms with Gasteiger partial charge in [-0.25, -0.2) is 18.9 Å². The Hall–Kier alpha value is -4.02. The minimum Gasteiger partial charge on any atom is -0.469 e. The number of fused-ring (bicyclic) bond motifs is 3. The summed E-state index contributed by atoms with van der Waals surface area (Å²) in [6.45, 7) is 9.60. The fraction of sp³-hybridized carbons (Fsp3) is 0.483. The Morgan fingerprint density at radius 1 is 1.10 bits per heavy atom. The molecule has 4 aromatic rings. The molecule has 2 bridgehead atoms. The number of carbonyl (C=O) groups excluding carboxylic acids is 1. The summed E-state index contributed by atoms with van der Waals surface area (Å²) in [6.07, 6.45) is 7.67. The summed E-state index contributed by atoms with van der Waals surface area (Å²) in [4.78, 5) is 23.5. The molecule has 0 aliphatic carbocycles. The molecule has 2 aliphatic heterocycles. The van der Waals surface area contributed by atoms with Crippen LogP contribution >= 0.6 is 0 Å². The van der Waals surface area contributed by atoms with Gasteiger partial charge in [0.15, 0.2) is 0 Å². The van der Waals surface area contributed by atoms with E-state index in [1.54, 1.807) is 12.3 Å². The molecule has 10 nitrogen and oxygen atoms in total. The maximum absolute atomic E-state index is 13.4. The van der Waals surface area contributed by atoms with Gasteiger partial charge in [0.1, 0.15) is 28.9 Å². The standard InChI is InChI=1S/C29H34FN7O3/c1-17-27(33-34-37(17)23-14-21-7-8-22(15-23)36(21)28(38)40-29(3,4)5)19-12-25-31-10-11-35(25)26(13-19)39-18(2)24-9-6-20(30)16-32-24/h6,9-13,16,18,21-23H,7-8,14-15H2,1-5H3. The maximum Gasteiger partial charge on any atom is 0.410 e. The van der Waals surface area contributed by atoms with Gasteiger partial charge in [0, 0.05) is 36.1 Å². The molecule has 6 heterocycles. The molecule has 2 saturated heterocycles. The van der Waals surface area contributed by atoms with Crippen LogP contribution in [0.15, 0.2) is 42.9 Å². The number of nitrogens with zero attached hydrogens (tertiary/aromatic N) is 7. The Morgan fingerprint density at radius 2 is 1.85 bits per heavy atom. The Morgan fingerprint density at radius 3 is 2.52 bits per heavy atom. The predicted octanol–water partition coefficient (Wildman–Crippen LogP) is 5.68. The van der Waals surface area contributed by atoms with Gasteiger partial charge < -0.3 is 14.4 Å². The second kappa shape index (κ2) is 9.87. The quantitative estimate of drug-likeness (QED) is 0.317. The second-order valence-electron chi connectivity index (χ2n) is 11.8. The molecule has 2 fully saturated rings. The molecule has 0 saturated carbocycles. The molecule has 1 amide bonds. The number of imidazole rings is 1. The molecule has 4 aromatic heterocycles. The smallest absolute Gasteiger partial charge is 0.410 e. The van der Waals surface area contributed by atoms with Crippen molar-refractivity contribution in [2.45, 2.75) is 90.1 Å². The molecule has 3 unspecified atom stereocenters. The van der Waals surface area contributed by atoms with Crippen molar-refractivity contribution in [2.24, 2.45) is 0 Å². The highest BCUT2D eigenvalue weighted by Crippen LogP contribution is 2.42. The van der Waals surface area contributed by atoms with E-state index >= 15 is 0 Å². The van der Waals surface area contributed by atoms with Crippen LogP contribution < -0.4 is 4.74 Å². The first kappa shape index (κ1) is 26.2. The van der Waals surface area contributed by atoms with Crippen molar-refractivity contribution < 1.29 is 18.7 Å². The number of pyridine rings is 2. The van der Waals surface area contributed by atoms with Gasteiger partial charge in [0.05, 0.1) is 23.6 Å². The van der Waals surface area contributed by atoms with Gasteiger partial charge >= 0.3 is 6.09 Å². The van der Waals surface area contributed by atoms with Gasteiger partial charge in [-0.1, -0.05) is 5.21 Å². The number of hydrogen-bond donors (Lipinski definition) is 0. The zero-order valence-electron chi connectivity index (χ0n) is 23.4. The summed E-state index contributed by atoms with van der Waals surface area (Å²) < 4.78 is 29.2. The van der Waals surface area contributed by atoms with E-state index in [1.807, 2.05) is 66.9 Å². The summed E-state index contributed by atoms with van der Waals surface area (Å²) in [5.74, 6) is 0.179. The second-order valence-corrected chi connectivity index (χ2v) is 11.8. The van der Waals surface area contributed by atoms with Crippen molar-refractivity contribution in [2.75, 3.05) is 0 Å². The van der Waals surface area contributed by atoms with Crippen molar-refractivity contribution in [1.29, 1.82) is 0 Å². The lowest BCUT2D eigenvalue weighted by Crippen LogP contribution is -2.49. The molecule has 2 aliphatic rings. The minimum atomic E-state index is -0.517. The number of halogens is 1. The third kappa shape index (κ3) is 4.89. The van der Waals surface area contributed by atoms with E-state index in [4.69, 9.17) is 9.47 Å². The molecule has 0 spiro atoms. The van der Waals surface area contributed by atoms with E-state index in [1.165, 1.54) is 12.3 Å². The van der Waals surface area contributed by atoms with E-state index in [9.17, 15) is 9.18 Å². The molecule has 210 valence electrons. The number of carbonyl (C=O) groups is 1. The zero-order chi connectivity index (χ0) is 28.2. The molecular formula is C29H34FN7O3. The van der Waals surface area contributed by atoms with Crippen molar-refractivity contribution in [3.05, 3.63) is 60.1 Å². The highest BCUT2D eigenvalue weighted by molar-refractivity contribution is 5.70. The normalized spacial score (nSPS) is 21.6. The van der Waals surface area contributed by atoms with E-state index in [-0.39, 0.29) is 24.2 Å². The first-order valence-corrected chi connectivity index (χ1v) is 13.8. The number of hydrogen-bond acceptors (Lipinski definition) is 7. The summed E-state index contributed by atoms with van der Waals surface area (Å²) in [6, 6.07) is 7.28. The van der Waals surface area contributed by atoms with Crippen LogP contribution in [0.4, 0.5) is 9.18 Å². The number of rotatable bonds is 5. The molecule has 0 aromatic carbocycles. The number of aromatic nitrogens is 6. The van der Waals surface area contributed by atoms with Crippen molar-refractivity contribution in [1.82, 2.24) is 34.3 Å². The van der Waals surface area contributed by atoms with Gasteiger partial charge in [-0.2, -0.15) is 0 Å². The lowest BCUT2D eigenvalue weighted by atomic mass is 9.97. The van der Waals surface area contributed by atoms with Gasteiger partial charge in [-0.15, -0.1) is 5.10 Å². The van der Waals surface area contributed by atoms with Crippen LogP contribution in [0.1, 0.15) is 76.9 Å². The average Bonchev–Trinajstić information content (AvgIpc) is 3.59. The lowest BCUT2D eigenvalue weighted by Gasteiger charge is -2.39. The summed E-state index contributed by atoms with van der Waals surface area (Å²) in [7, 11) is 0. The number of ether oxygens (including phenoxy) is 2. The fourth-order valence-corrected chi connectivity index (χ4v) is 6.00. The monoisotopic (exact) mass is 547 g/mol. The molecule has 11 heteroatoms. The van der Waals surface area contributed by atoms with E-state index in [0.717, 1.165) is 42.6 Å². The van der Waals surface area contributed by atoms with E-state index in [0.29, 0.717) is 17.2 Å². The first-order chi connectivity index (χ1) is 19.1. The molecule has 6 rings (SSSR count). The number of piperidine rings is 1. The lowest BCUT2D eigenvalue weighted by molar-refractivity contribution is 0.00214. The maximum atomic E-state index is 13.4. The fourth-order valence-electron chi connectivity index (χ4n) is 6.00. The Bertz CT molecular complexity index is 1530. The average molecular weight is 548 g/mol. The summed E-state index contributed by atoms with van der Waals surface area (Å²) in [5.41, 5.74) is 3.36. The van der Waals surface area contributed by atoms with Crippen molar-refractivity contribution in [3.63, 3.8) is 0 Å². The highest BCUT2D eigenvalue weighted by Gasteiger charge is 2.46. The zero-order valence-corrected chi connectivity index (χ0v) is 23.4. The van der Waals surface area contributed by atoms with Crippen LogP contribution in [0, 0.1) is 12.7 Å². The van der Waals surface area contributed by atoms with E-state index < -0.39 is 17.5 Å².